The number of rotatable bonds is 1. The third kappa shape index (κ3) is 5.81. The molecule has 0 unspecified atom stereocenters. The Labute approximate surface area is 54.4 Å². The van der Waals surface area contributed by atoms with Gasteiger partial charge in [-0.3, -0.25) is 0 Å². The topological polar surface area (TPSA) is 40.1 Å². The maximum absolute atomic E-state index is 9.49. The van der Waals surface area contributed by atoms with Gasteiger partial charge in [0.1, 0.15) is 0 Å². The molecule has 0 saturated heterocycles. The van der Waals surface area contributed by atoms with E-state index in [0.717, 1.165) is 0 Å². The van der Waals surface area contributed by atoms with Crippen LogP contribution < -0.4 is 24.0 Å². The number of carbonyl (C=O) groups excluding carboxylic acids is 1. The Bertz CT molecular complexity index is 75.7. The van der Waals surface area contributed by atoms with Crippen LogP contribution in [-0.4, -0.2) is 5.97 Å². The van der Waals surface area contributed by atoms with Crippen LogP contribution in [0.15, 0.2) is 12.2 Å². The SMILES string of the molecule is C=C(C)C(=O)[O-].[Li+]. The molecular weight excluding hydrogens is 87.0 g/mol. The minimum atomic E-state index is -1.19. The van der Waals surface area contributed by atoms with Gasteiger partial charge in [-0.15, -0.1) is 0 Å². The molecule has 2 nitrogen and oxygen atoms in total. The molecule has 0 aliphatic heterocycles. The van der Waals surface area contributed by atoms with E-state index in [-0.39, 0.29) is 24.4 Å². The Hall–Kier alpha value is -0.193. The molecule has 0 heterocycles. The Morgan fingerprint density at radius 2 is 1.86 bits per heavy atom. The van der Waals surface area contributed by atoms with E-state index in [2.05, 4.69) is 6.58 Å². The fraction of sp³-hybridized carbons (Fsp3) is 0.250. The molecule has 0 spiro atoms. The first-order valence-corrected chi connectivity index (χ1v) is 1.51. The molecule has 0 amide bonds. The molecule has 0 aliphatic rings. The van der Waals surface area contributed by atoms with Gasteiger partial charge in [0.15, 0.2) is 0 Å². The van der Waals surface area contributed by atoms with E-state index in [1.165, 1.54) is 6.92 Å². The summed E-state index contributed by atoms with van der Waals surface area (Å²) in [6, 6.07) is 0. The predicted molar refractivity (Wildman–Crippen MR) is 19.8 cm³/mol. The Balaban J connectivity index is 0. The summed E-state index contributed by atoms with van der Waals surface area (Å²) < 4.78 is 0. The quantitative estimate of drug-likeness (QED) is 0.247. The number of carboxylic acid groups (broad SMARTS) is 1. The first kappa shape index (κ1) is 9.93. The number of aliphatic carboxylic acids is 1. The van der Waals surface area contributed by atoms with Crippen molar-refractivity contribution in [2.75, 3.05) is 0 Å². The summed E-state index contributed by atoms with van der Waals surface area (Å²) >= 11 is 0. The average Bonchev–Trinajstić information content (AvgIpc) is 1.36. The van der Waals surface area contributed by atoms with Crippen LogP contribution in [0.3, 0.4) is 0 Å². The zero-order chi connectivity index (χ0) is 5.15. The monoisotopic (exact) mass is 92.0 g/mol. The smallest absolute Gasteiger partial charge is 0.545 e. The zero-order valence-electron chi connectivity index (χ0n) is 4.52. The van der Waals surface area contributed by atoms with Crippen molar-refractivity contribution in [2.45, 2.75) is 6.92 Å². The van der Waals surface area contributed by atoms with Crippen LogP contribution in [0.2, 0.25) is 0 Å². The van der Waals surface area contributed by atoms with E-state index < -0.39 is 5.97 Å². The Morgan fingerprint density at radius 1 is 1.71 bits per heavy atom. The van der Waals surface area contributed by atoms with Gasteiger partial charge in [-0.25, -0.2) is 0 Å². The van der Waals surface area contributed by atoms with E-state index >= 15 is 0 Å². The van der Waals surface area contributed by atoms with E-state index in [0.29, 0.717) is 0 Å². The average molecular weight is 92.0 g/mol. The van der Waals surface area contributed by atoms with Crippen LogP contribution in [0.4, 0.5) is 0 Å². The van der Waals surface area contributed by atoms with Crippen molar-refractivity contribution < 1.29 is 28.8 Å². The number of hydrogen-bond donors (Lipinski definition) is 0. The van der Waals surface area contributed by atoms with Gasteiger partial charge >= 0.3 is 18.9 Å². The summed E-state index contributed by atoms with van der Waals surface area (Å²) in [6.07, 6.45) is 0. The van der Waals surface area contributed by atoms with Crippen LogP contribution >= 0.6 is 0 Å². The molecule has 34 valence electrons. The van der Waals surface area contributed by atoms with Gasteiger partial charge in [-0.05, 0) is 12.5 Å². The summed E-state index contributed by atoms with van der Waals surface area (Å²) in [4.78, 5) is 9.49. The molecule has 0 bridgehead atoms. The molecule has 0 rings (SSSR count). The predicted octanol–water partition coefficient (Wildman–Crippen LogP) is -3.68. The van der Waals surface area contributed by atoms with Gasteiger partial charge in [0, 0.05) is 0 Å². The molecule has 0 aliphatic carbocycles. The second-order valence-corrected chi connectivity index (χ2v) is 1.07. The van der Waals surface area contributed by atoms with Crippen LogP contribution in [0.25, 0.3) is 0 Å². The van der Waals surface area contributed by atoms with E-state index in [1.807, 2.05) is 0 Å². The van der Waals surface area contributed by atoms with Crippen molar-refractivity contribution in [2.24, 2.45) is 0 Å². The van der Waals surface area contributed by atoms with E-state index in [4.69, 9.17) is 0 Å². The Kier molecular flexibility index (Phi) is 5.65. The van der Waals surface area contributed by atoms with Gasteiger partial charge in [-0.2, -0.15) is 0 Å². The molecule has 0 fully saturated rings. The standard InChI is InChI=1S/C4H6O2.Li/c1-3(2)4(5)6;/h1H2,2H3,(H,5,6);/q;+1/p-1. The Morgan fingerprint density at radius 3 is 1.86 bits per heavy atom. The molecule has 7 heavy (non-hydrogen) atoms. The zero-order valence-corrected chi connectivity index (χ0v) is 4.52. The van der Waals surface area contributed by atoms with Crippen molar-refractivity contribution in [3.8, 4) is 0 Å². The minimum Gasteiger partial charge on any atom is -0.545 e. The van der Waals surface area contributed by atoms with Gasteiger partial charge in [0.05, 0.1) is 5.97 Å². The molecule has 0 aromatic carbocycles. The van der Waals surface area contributed by atoms with Crippen molar-refractivity contribution in [3.63, 3.8) is 0 Å². The largest absolute Gasteiger partial charge is 1.00 e. The molecule has 0 aromatic heterocycles. The van der Waals surface area contributed by atoms with Crippen LogP contribution in [-0.2, 0) is 4.79 Å². The van der Waals surface area contributed by atoms with Crippen molar-refractivity contribution >= 4 is 5.97 Å². The summed E-state index contributed by atoms with van der Waals surface area (Å²) in [5.74, 6) is -1.19. The van der Waals surface area contributed by atoms with E-state index in [9.17, 15) is 9.90 Å². The van der Waals surface area contributed by atoms with Crippen molar-refractivity contribution in [1.82, 2.24) is 0 Å². The second-order valence-electron chi connectivity index (χ2n) is 1.07. The first-order chi connectivity index (χ1) is 2.64. The summed E-state index contributed by atoms with van der Waals surface area (Å²) in [6.45, 7) is 4.48. The van der Waals surface area contributed by atoms with Gasteiger partial charge in [-0.1, -0.05) is 6.58 Å². The fourth-order valence-corrected chi connectivity index (χ4v) is 0. The third-order valence-electron chi connectivity index (χ3n) is 0.348. The van der Waals surface area contributed by atoms with Crippen LogP contribution in [0.5, 0.6) is 0 Å². The molecular formula is C4H5LiO2. The summed E-state index contributed by atoms with van der Waals surface area (Å²) in [7, 11) is 0. The van der Waals surface area contributed by atoms with Crippen LogP contribution in [0, 0.1) is 0 Å². The fourth-order valence-electron chi connectivity index (χ4n) is 0. The second kappa shape index (κ2) is 3.98. The summed E-state index contributed by atoms with van der Waals surface area (Å²) in [5, 5.41) is 9.49. The third-order valence-corrected chi connectivity index (χ3v) is 0.348. The maximum atomic E-state index is 9.49. The number of carbonyl (C=O) groups is 1. The molecule has 0 aromatic rings. The molecule has 0 N–H and O–H groups in total. The summed E-state index contributed by atoms with van der Waals surface area (Å²) in [5.41, 5.74) is 0.0648. The first-order valence-electron chi connectivity index (χ1n) is 1.51. The van der Waals surface area contributed by atoms with Gasteiger partial charge in [0.25, 0.3) is 0 Å². The molecule has 0 radical (unpaired) electrons. The van der Waals surface area contributed by atoms with Gasteiger partial charge < -0.3 is 9.90 Å². The van der Waals surface area contributed by atoms with E-state index in [1.54, 1.807) is 0 Å². The van der Waals surface area contributed by atoms with Crippen molar-refractivity contribution in [3.05, 3.63) is 12.2 Å². The van der Waals surface area contributed by atoms with Crippen molar-refractivity contribution in [1.29, 1.82) is 0 Å². The maximum Gasteiger partial charge on any atom is 1.00 e. The molecule has 0 atom stereocenters. The molecule has 3 heteroatoms. The van der Waals surface area contributed by atoms with Gasteiger partial charge in [0.2, 0.25) is 0 Å². The molecule has 0 saturated carbocycles. The number of hydrogen-bond acceptors (Lipinski definition) is 2. The van der Waals surface area contributed by atoms with Crippen LogP contribution in [0.1, 0.15) is 6.92 Å². The normalized spacial score (nSPS) is 6.43. The number of carboxylic acids is 1. The minimum absolute atomic E-state index is 0.